The Morgan fingerprint density at radius 1 is 1.60 bits per heavy atom. The highest BCUT2D eigenvalue weighted by Gasteiger charge is 2.16. The van der Waals surface area contributed by atoms with Crippen LogP contribution in [0.5, 0.6) is 0 Å². The minimum absolute atomic E-state index is 0.0883. The van der Waals surface area contributed by atoms with Crippen molar-refractivity contribution in [2.24, 2.45) is 0 Å². The Hall–Kier alpha value is -0.960. The maximum Gasteiger partial charge on any atom is 0.331 e. The third kappa shape index (κ3) is 3.59. The predicted octanol–water partition coefficient (Wildman–Crippen LogP) is 0.351. The van der Waals surface area contributed by atoms with Gasteiger partial charge in [0.1, 0.15) is 4.21 Å². The summed E-state index contributed by atoms with van der Waals surface area (Å²) in [5.74, 6) is -1.25. The summed E-state index contributed by atoms with van der Waals surface area (Å²) < 4.78 is 22.9. The van der Waals surface area contributed by atoms with Crippen LogP contribution >= 0.6 is 11.3 Å². The molecule has 1 heterocycles. The molecule has 0 unspecified atom stereocenters. The lowest BCUT2D eigenvalue weighted by Crippen LogP contribution is -2.26. The van der Waals surface area contributed by atoms with Crippen LogP contribution in [-0.2, 0) is 19.7 Å². The number of carboxylic acid groups (broad SMARTS) is 1. The predicted molar refractivity (Wildman–Crippen MR) is 53.0 cm³/mol. The zero-order chi connectivity index (χ0) is 11.5. The van der Waals surface area contributed by atoms with E-state index in [4.69, 9.17) is 5.11 Å². The summed E-state index contributed by atoms with van der Waals surface area (Å²) in [7, 11) is -3.75. The molecule has 0 spiro atoms. The van der Waals surface area contributed by atoms with Crippen molar-refractivity contribution in [3.05, 3.63) is 17.0 Å². The second-order valence-corrected chi connectivity index (χ2v) is 5.79. The van der Waals surface area contributed by atoms with Crippen LogP contribution in [0.2, 0.25) is 0 Å². The van der Waals surface area contributed by atoms with Crippen LogP contribution in [0.25, 0.3) is 0 Å². The van der Waals surface area contributed by atoms with E-state index in [1.807, 2.05) is 0 Å². The van der Waals surface area contributed by atoms with Crippen LogP contribution in [0.1, 0.15) is 4.88 Å². The van der Waals surface area contributed by atoms with Crippen molar-refractivity contribution in [2.75, 3.05) is 6.61 Å². The first-order valence-electron chi connectivity index (χ1n) is 3.83. The van der Waals surface area contributed by atoms with E-state index >= 15 is 0 Å². The van der Waals surface area contributed by atoms with Crippen molar-refractivity contribution in [3.8, 4) is 0 Å². The molecule has 1 rings (SSSR count). The highest BCUT2D eigenvalue weighted by molar-refractivity contribution is 7.91. The SMILES string of the molecule is Cc1ccc(S(=O)(=O)NOCC(=O)O)s1. The molecule has 0 aromatic carbocycles. The van der Waals surface area contributed by atoms with Crippen molar-refractivity contribution in [3.63, 3.8) is 0 Å². The number of thiophene rings is 1. The summed E-state index contributed by atoms with van der Waals surface area (Å²) in [6.45, 7) is 1.05. The molecule has 6 nitrogen and oxygen atoms in total. The maximum atomic E-state index is 11.4. The van der Waals surface area contributed by atoms with E-state index in [0.29, 0.717) is 0 Å². The van der Waals surface area contributed by atoms with Crippen LogP contribution in [0.15, 0.2) is 16.3 Å². The molecule has 0 aliphatic carbocycles. The van der Waals surface area contributed by atoms with Crippen molar-refractivity contribution in [1.82, 2.24) is 4.89 Å². The molecule has 0 saturated carbocycles. The highest BCUT2D eigenvalue weighted by atomic mass is 32.2. The van der Waals surface area contributed by atoms with Crippen molar-refractivity contribution in [1.29, 1.82) is 0 Å². The normalized spacial score (nSPS) is 11.5. The Bertz CT molecular complexity index is 450. The molecule has 0 aliphatic heterocycles. The molecule has 1 aromatic rings. The minimum Gasteiger partial charge on any atom is -0.479 e. The number of rotatable bonds is 5. The fourth-order valence-corrected chi connectivity index (χ4v) is 2.83. The lowest BCUT2D eigenvalue weighted by Gasteiger charge is -2.02. The molecule has 0 radical (unpaired) electrons. The number of carboxylic acids is 1. The van der Waals surface area contributed by atoms with E-state index < -0.39 is 22.6 Å². The second kappa shape index (κ2) is 4.71. The molecular weight excluding hydrogens is 242 g/mol. The van der Waals surface area contributed by atoms with Gasteiger partial charge in [-0.1, -0.05) is 4.89 Å². The van der Waals surface area contributed by atoms with E-state index in [9.17, 15) is 13.2 Å². The molecule has 8 heteroatoms. The van der Waals surface area contributed by atoms with Crippen molar-refractivity contribution >= 4 is 27.3 Å². The van der Waals surface area contributed by atoms with Crippen LogP contribution in [-0.4, -0.2) is 26.1 Å². The second-order valence-electron chi connectivity index (χ2n) is 2.63. The standard InChI is InChI=1S/C7H9NO5S2/c1-5-2-3-7(14-5)15(11,12)8-13-4-6(9)10/h2-3,8H,4H2,1H3,(H,9,10). The number of carbonyl (C=O) groups is 1. The fourth-order valence-electron chi connectivity index (χ4n) is 0.766. The third-order valence-corrected chi connectivity index (χ3v) is 4.05. The highest BCUT2D eigenvalue weighted by Crippen LogP contribution is 2.19. The molecule has 0 saturated heterocycles. The molecule has 1 aromatic heterocycles. The summed E-state index contributed by atoms with van der Waals surface area (Å²) in [5.41, 5.74) is 0. The smallest absolute Gasteiger partial charge is 0.331 e. The Balaban J connectivity index is 2.64. The maximum absolute atomic E-state index is 11.4. The van der Waals surface area contributed by atoms with E-state index in [2.05, 4.69) is 4.84 Å². The fraction of sp³-hybridized carbons (Fsp3) is 0.286. The topological polar surface area (TPSA) is 92.7 Å². The van der Waals surface area contributed by atoms with Crippen LogP contribution < -0.4 is 4.89 Å². The molecule has 0 amide bonds. The molecular formula is C7H9NO5S2. The molecule has 0 bridgehead atoms. The molecule has 84 valence electrons. The Morgan fingerprint density at radius 3 is 2.73 bits per heavy atom. The van der Waals surface area contributed by atoms with Gasteiger partial charge in [0.25, 0.3) is 10.0 Å². The average Bonchev–Trinajstić information content (AvgIpc) is 2.51. The van der Waals surface area contributed by atoms with Gasteiger partial charge in [-0.15, -0.1) is 11.3 Å². The third-order valence-electron chi connectivity index (χ3n) is 1.34. The number of hydrogen-bond donors (Lipinski definition) is 2. The van der Waals surface area contributed by atoms with E-state index in [1.165, 1.54) is 6.07 Å². The van der Waals surface area contributed by atoms with Gasteiger partial charge in [-0.05, 0) is 19.1 Å². The van der Waals surface area contributed by atoms with Gasteiger partial charge in [0.05, 0.1) is 0 Å². The van der Waals surface area contributed by atoms with Crippen LogP contribution in [0.3, 0.4) is 0 Å². The van der Waals surface area contributed by atoms with Gasteiger partial charge in [0.2, 0.25) is 0 Å². The Labute approximate surface area is 90.5 Å². The first kappa shape index (κ1) is 12.1. The molecule has 0 fully saturated rings. The van der Waals surface area contributed by atoms with Gasteiger partial charge in [0.15, 0.2) is 6.61 Å². The molecule has 2 N–H and O–H groups in total. The number of aryl methyl sites for hydroxylation is 1. The summed E-state index contributed by atoms with van der Waals surface area (Å²) in [4.78, 5) is 16.9. The average molecular weight is 251 g/mol. The number of aliphatic carboxylic acids is 1. The minimum atomic E-state index is -3.75. The quantitative estimate of drug-likeness (QED) is 0.737. The largest absolute Gasteiger partial charge is 0.479 e. The van der Waals surface area contributed by atoms with Gasteiger partial charge < -0.3 is 5.11 Å². The van der Waals surface area contributed by atoms with Gasteiger partial charge in [0, 0.05) is 4.88 Å². The zero-order valence-electron chi connectivity index (χ0n) is 7.76. The first-order valence-corrected chi connectivity index (χ1v) is 6.13. The molecule has 15 heavy (non-hydrogen) atoms. The van der Waals surface area contributed by atoms with Gasteiger partial charge in [-0.3, -0.25) is 4.84 Å². The zero-order valence-corrected chi connectivity index (χ0v) is 9.39. The lowest BCUT2D eigenvalue weighted by molar-refractivity contribution is -0.143. The Kier molecular flexibility index (Phi) is 3.80. The number of hydrogen-bond acceptors (Lipinski definition) is 5. The first-order chi connectivity index (χ1) is 6.92. The summed E-state index contributed by atoms with van der Waals surface area (Å²) in [6.07, 6.45) is 0. The van der Waals surface area contributed by atoms with E-state index in [1.54, 1.807) is 17.9 Å². The Morgan fingerprint density at radius 2 is 2.27 bits per heavy atom. The van der Waals surface area contributed by atoms with E-state index in [0.717, 1.165) is 16.2 Å². The summed E-state index contributed by atoms with van der Waals surface area (Å²) in [5, 5.41) is 8.23. The number of nitrogens with one attached hydrogen (secondary N) is 1. The van der Waals surface area contributed by atoms with Crippen LogP contribution in [0.4, 0.5) is 0 Å². The van der Waals surface area contributed by atoms with E-state index in [-0.39, 0.29) is 4.21 Å². The van der Waals surface area contributed by atoms with Gasteiger partial charge in [-0.2, -0.15) is 0 Å². The van der Waals surface area contributed by atoms with Gasteiger partial charge >= 0.3 is 5.97 Å². The van der Waals surface area contributed by atoms with Gasteiger partial charge in [-0.25, -0.2) is 13.2 Å². The van der Waals surface area contributed by atoms with Crippen molar-refractivity contribution in [2.45, 2.75) is 11.1 Å². The van der Waals surface area contributed by atoms with Crippen molar-refractivity contribution < 1.29 is 23.2 Å². The summed E-state index contributed by atoms with van der Waals surface area (Å²) in [6, 6.07) is 3.07. The van der Waals surface area contributed by atoms with Crippen LogP contribution in [0, 0.1) is 6.92 Å². The monoisotopic (exact) mass is 251 g/mol. The lowest BCUT2D eigenvalue weighted by atomic mass is 10.5. The summed E-state index contributed by atoms with van der Waals surface area (Å²) >= 11 is 1.08. The number of sulfonamides is 1. The molecule has 0 atom stereocenters. The molecule has 0 aliphatic rings.